The Morgan fingerprint density at radius 1 is 1.03 bits per heavy atom. The van der Waals surface area contributed by atoms with Crippen molar-refractivity contribution in [2.24, 2.45) is 0 Å². The number of benzene rings is 1. The highest BCUT2D eigenvalue weighted by Crippen LogP contribution is 2.36. The van der Waals surface area contributed by atoms with Gasteiger partial charge < -0.3 is 10.3 Å². The molecule has 0 atom stereocenters. The number of halogens is 1. The zero-order valence-corrected chi connectivity index (χ0v) is 18.0. The van der Waals surface area contributed by atoms with Crippen LogP contribution in [0.3, 0.4) is 0 Å². The number of hydrogen-bond donors (Lipinski definition) is 3. The number of carbonyl (C=O) groups is 1. The molecule has 0 unspecified atom stereocenters. The van der Waals surface area contributed by atoms with Crippen LogP contribution in [-0.2, 0) is 6.54 Å². The maximum absolute atomic E-state index is 15.2. The number of tetrazole rings is 1. The van der Waals surface area contributed by atoms with Gasteiger partial charge in [0.1, 0.15) is 11.5 Å². The van der Waals surface area contributed by atoms with Crippen molar-refractivity contribution < 1.29 is 9.18 Å². The van der Waals surface area contributed by atoms with Gasteiger partial charge in [0.05, 0.1) is 30.1 Å². The molecule has 1 amide bonds. The van der Waals surface area contributed by atoms with E-state index in [-0.39, 0.29) is 12.5 Å². The van der Waals surface area contributed by atoms with Gasteiger partial charge in [-0.15, -0.1) is 5.10 Å². The van der Waals surface area contributed by atoms with Crippen LogP contribution in [0.15, 0.2) is 67.3 Å². The molecule has 0 aliphatic carbocycles. The molecule has 0 saturated heterocycles. The highest BCUT2D eigenvalue weighted by molar-refractivity contribution is 6.13. The van der Waals surface area contributed by atoms with E-state index in [1.54, 1.807) is 42.9 Å². The number of pyridine rings is 3. The molecular formula is C24H16FN9O. The van der Waals surface area contributed by atoms with Crippen LogP contribution in [0, 0.1) is 5.82 Å². The maximum Gasteiger partial charge on any atom is 0.251 e. The Hall–Kier alpha value is -5.06. The second-order valence-corrected chi connectivity index (χ2v) is 7.79. The summed E-state index contributed by atoms with van der Waals surface area (Å²) in [6.45, 7) is 0.163. The quantitative estimate of drug-likeness (QED) is 0.355. The van der Waals surface area contributed by atoms with Crippen molar-refractivity contribution >= 4 is 27.8 Å². The lowest BCUT2D eigenvalue weighted by Gasteiger charge is -2.08. The first kappa shape index (κ1) is 20.5. The molecule has 10 nitrogen and oxygen atoms in total. The van der Waals surface area contributed by atoms with E-state index in [0.29, 0.717) is 33.5 Å². The number of aromatic amines is 2. The summed E-state index contributed by atoms with van der Waals surface area (Å²) in [5.74, 6) is -0.323. The lowest BCUT2D eigenvalue weighted by molar-refractivity contribution is 0.0950. The SMILES string of the molecule is O=C(NCc1nnn[nH]1)c1ccc(-c2c(F)cnc3[nH]c4cnc(-c5cccnc5)cc4c23)cc1. The van der Waals surface area contributed by atoms with Crippen LogP contribution in [0.4, 0.5) is 4.39 Å². The van der Waals surface area contributed by atoms with Crippen molar-refractivity contribution in [1.29, 1.82) is 0 Å². The number of amides is 1. The van der Waals surface area contributed by atoms with E-state index < -0.39 is 5.82 Å². The lowest BCUT2D eigenvalue weighted by Crippen LogP contribution is -2.23. The van der Waals surface area contributed by atoms with Crippen molar-refractivity contribution in [3.63, 3.8) is 0 Å². The van der Waals surface area contributed by atoms with Crippen molar-refractivity contribution in [3.05, 3.63) is 84.5 Å². The van der Waals surface area contributed by atoms with Crippen LogP contribution >= 0.6 is 0 Å². The number of H-pyrrole nitrogens is 2. The summed E-state index contributed by atoms with van der Waals surface area (Å²) in [5, 5.41) is 17.4. The van der Waals surface area contributed by atoms with Crippen molar-refractivity contribution in [1.82, 2.24) is 45.9 Å². The van der Waals surface area contributed by atoms with E-state index >= 15 is 4.39 Å². The standard InChI is InChI=1S/C24H16FN9O/c25-17-10-28-23-22(16-8-18(27-11-19(16)30-23)15-2-1-7-26-9-15)21(17)13-3-5-14(6-4-13)24(35)29-12-20-31-33-34-32-20/h1-11H,12H2,(H,28,30)(H,29,35)(H,31,32,33,34). The van der Waals surface area contributed by atoms with Crippen LogP contribution in [0.25, 0.3) is 44.3 Å². The monoisotopic (exact) mass is 465 g/mol. The van der Waals surface area contributed by atoms with E-state index in [1.165, 1.54) is 6.20 Å². The molecule has 0 spiro atoms. The van der Waals surface area contributed by atoms with Crippen molar-refractivity contribution in [2.75, 3.05) is 0 Å². The molecule has 0 fully saturated rings. The highest BCUT2D eigenvalue weighted by atomic mass is 19.1. The largest absolute Gasteiger partial charge is 0.345 e. The first-order chi connectivity index (χ1) is 17.2. The van der Waals surface area contributed by atoms with Crippen LogP contribution in [0.1, 0.15) is 16.2 Å². The Balaban J connectivity index is 1.40. The molecule has 0 aliphatic heterocycles. The summed E-state index contributed by atoms with van der Waals surface area (Å²) in [7, 11) is 0. The van der Waals surface area contributed by atoms with Crippen LogP contribution in [0.5, 0.6) is 0 Å². The summed E-state index contributed by atoms with van der Waals surface area (Å²) in [4.78, 5) is 28.6. The van der Waals surface area contributed by atoms with Gasteiger partial charge in [0.15, 0.2) is 5.82 Å². The zero-order chi connectivity index (χ0) is 23.8. The number of aromatic nitrogens is 8. The Morgan fingerprint density at radius 2 is 1.91 bits per heavy atom. The Bertz CT molecular complexity index is 1660. The van der Waals surface area contributed by atoms with E-state index in [1.807, 2.05) is 18.2 Å². The first-order valence-electron chi connectivity index (χ1n) is 10.6. The van der Waals surface area contributed by atoms with Gasteiger partial charge in [-0.3, -0.25) is 14.8 Å². The predicted molar refractivity (Wildman–Crippen MR) is 125 cm³/mol. The summed E-state index contributed by atoms with van der Waals surface area (Å²) < 4.78 is 15.2. The van der Waals surface area contributed by atoms with Gasteiger partial charge in [0.25, 0.3) is 5.91 Å². The minimum absolute atomic E-state index is 0.163. The normalized spacial score (nSPS) is 11.2. The van der Waals surface area contributed by atoms with Gasteiger partial charge in [-0.05, 0) is 46.3 Å². The van der Waals surface area contributed by atoms with Crippen LogP contribution in [-0.4, -0.2) is 46.5 Å². The van der Waals surface area contributed by atoms with Crippen LogP contribution in [0.2, 0.25) is 0 Å². The van der Waals surface area contributed by atoms with Gasteiger partial charge >= 0.3 is 0 Å². The fourth-order valence-corrected chi connectivity index (χ4v) is 4.00. The minimum Gasteiger partial charge on any atom is -0.345 e. The Labute approximate surface area is 196 Å². The average Bonchev–Trinajstić information content (AvgIpc) is 3.55. The summed E-state index contributed by atoms with van der Waals surface area (Å²) in [6, 6.07) is 12.4. The fraction of sp³-hybridized carbons (Fsp3) is 0.0417. The van der Waals surface area contributed by atoms with Gasteiger partial charge in [0, 0.05) is 39.9 Å². The van der Waals surface area contributed by atoms with Gasteiger partial charge in [-0.25, -0.2) is 14.5 Å². The second kappa shape index (κ2) is 8.37. The molecule has 35 heavy (non-hydrogen) atoms. The molecule has 5 aromatic heterocycles. The van der Waals surface area contributed by atoms with Crippen LogP contribution < -0.4 is 5.32 Å². The second-order valence-electron chi connectivity index (χ2n) is 7.79. The maximum atomic E-state index is 15.2. The topological polar surface area (TPSA) is 138 Å². The number of fused-ring (bicyclic) bond motifs is 3. The highest BCUT2D eigenvalue weighted by Gasteiger charge is 2.18. The minimum atomic E-state index is -0.465. The molecular weight excluding hydrogens is 449 g/mol. The summed E-state index contributed by atoms with van der Waals surface area (Å²) in [6.07, 6.45) is 6.32. The van der Waals surface area contributed by atoms with Gasteiger partial charge in [-0.1, -0.05) is 12.1 Å². The molecule has 0 radical (unpaired) electrons. The summed E-state index contributed by atoms with van der Waals surface area (Å²) >= 11 is 0. The Kier molecular flexibility index (Phi) is 4.91. The number of nitrogens with zero attached hydrogens (tertiary/aromatic N) is 6. The third-order valence-corrected chi connectivity index (χ3v) is 5.66. The van der Waals surface area contributed by atoms with E-state index in [2.05, 4.69) is 45.9 Å². The first-order valence-corrected chi connectivity index (χ1v) is 10.6. The number of hydrogen-bond acceptors (Lipinski definition) is 7. The summed E-state index contributed by atoms with van der Waals surface area (Å²) in [5.41, 5.74) is 4.29. The molecule has 0 aliphatic rings. The number of rotatable bonds is 5. The smallest absolute Gasteiger partial charge is 0.251 e. The van der Waals surface area contributed by atoms with Gasteiger partial charge in [0.2, 0.25) is 0 Å². The third kappa shape index (κ3) is 3.74. The molecule has 6 rings (SSSR count). The lowest BCUT2D eigenvalue weighted by atomic mass is 9.99. The molecule has 3 N–H and O–H groups in total. The molecule has 170 valence electrons. The van der Waals surface area contributed by atoms with Gasteiger partial charge in [-0.2, -0.15) is 0 Å². The predicted octanol–water partition coefficient (Wildman–Crippen LogP) is 3.42. The Morgan fingerprint density at radius 3 is 2.69 bits per heavy atom. The van der Waals surface area contributed by atoms with Crippen molar-refractivity contribution in [2.45, 2.75) is 6.54 Å². The third-order valence-electron chi connectivity index (χ3n) is 5.66. The van der Waals surface area contributed by atoms with E-state index in [4.69, 9.17) is 0 Å². The molecule has 0 saturated carbocycles. The number of nitrogens with one attached hydrogen (secondary N) is 3. The molecule has 11 heteroatoms. The van der Waals surface area contributed by atoms with E-state index in [9.17, 15) is 4.79 Å². The zero-order valence-electron chi connectivity index (χ0n) is 18.0. The molecule has 5 heterocycles. The van der Waals surface area contributed by atoms with Crippen molar-refractivity contribution in [3.8, 4) is 22.4 Å². The fourth-order valence-electron chi connectivity index (χ4n) is 4.00. The molecule has 1 aromatic carbocycles. The molecule has 0 bridgehead atoms. The molecule has 6 aromatic rings. The number of carbonyl (C=O) groups excluding carboxylic acids is 1. The van der Waals surface area contributed by atoms with E-state index in [0.717, 1.165) is 22.2 Å². The average molecular weight is 465 g/mol.